The molecular formula is C20H26N6O2. The van der Waals surface area contributed by atoms with Gasteiger partial charge < -0.3 is 9.80 Å². The van der Waals surface area contributed by atoms with Crippen molar-refractivity contribution in [1.29, 1.82) is 0 Å². The van der Waals surface area contributed by atoms with Crippen molar-refractivity contribution < 1.29 is 9.59 Å². The zero-order valence-corrected chi connectivity index (χ0v) is 16.3. The number of carbonyl (C=O) groups excluding carboxylic acids is 2. The van der Waals surface area contributed by atoms with Crippen LogP contribution in [0.5, 0.6) is 0 Å². The van der Waals surface area contributed by atoms with Crippen LogP contribution in [0.25, 0.3) is 0 Å². The van der Waals surface area contributed by atoms with E-state index in [2.05, 4.69) is 25.7 Å². The van der Waals surface area contributed by atoms with Gasteiger partial charge in [0.25, 0.3) is 0 Å². The fourth-order valence-electron chi connectivity index (χ4n) is 3.07. The van der Waals surface area contributed by atoms with E-state index in [-0.39, 0.29) is 11.8 Å². The van der Waals surface area contributed by atoms with Crippen molar-refractivity contribution in [2.75, 3.05) is 36.5 Å². The Bertz CT molecular complexity index is 798. The molecule has 0 bridgehead atoms. The minimum atomic E-state index is -0.131. The third kappa shape index (κ3) is 5.42. The van der Waals surface area contributed by atoms with Gasteiger partial charge in [-0.1, -0.05) is 12.1 Å². The van der Waals surface area contributed by atoms with Crippen LogP contribution in [0.15, 0.2) is 36.7 Å². The van der Waals surface area contributed by atoms with Crippen molar-refractivity contribution in [3.05, 3.63) is 47.8 Å². The lowest BCUT2D eigenvalue weighted by atomic mass is 10.1. The van der Waals surface area contributed by atoms with Crippen molar-refractivity contribution in [1.82, 2.24) is 20.3 Å². The zero-order chi connectivity index (χ0) is 19.9. The highest BCUT2D eigenvalue weighted by molar-refractivity contribution is 5.74. The van der Waals surface area contributed by atoms with Crippen molar-refractivity contribution in [3.63, 3.8) is 0 Å². The molecule has 3 rings (SSSR count). The van der Waals surface area contributed by atoms with E-state index < -0.39 is 0 Å². The monoisotopic (exact) mass is 382 g/mol. The number of carbonyl (C=O) groups is 2. The molecule has 0 spiro atoms. The van der Waals surface area contributed by atoms with Gasteiger partial charge in [-0.15, -0.1) is 0 Å². The zero-order valence-electron chi connectivity index (χ0n) is 16.3. The van der Waals surface area contributed by atoms with E-state index in [1.165, 1.54) is 12.5 Å². The Balaban J connectivity index is 1.48. The number of anilines is 2. The standard InChI is InChI=1S/C20H26N6O2/c1-15(27)23-24-19-7-5-17(6-8-19)3-4-18-13-21-20(22-14-18)26-11-9-25(10-12-26)16(2)28/h5-8,13-14,24H,3-4,9-12H2,1-2H3,(H,23,27). The van der Waals surface area contributed by atoms with Gasteiger partial charge in [-0.05, 0) is 36.1 Å². The molecule has 148 valence electrons. The van der Waals surface area contributed by atoms with E-state index in [1.54, 1.807) is 6.92 Å². The molecule has 0 radical (unpaired) electrons. The Morgan fingerprint density at radius 2 is 1.54 bits per heavy atom. The van der Waals surface area contributed by atoms with Crippen LogP contribution in [-0.4, -0.2) is 52.9 Å². The van der Waals surface area contributed by atoms with E-state index in [0.717, 1.165) is 43.1 Å². The number of hydrazine groups is 1. The maximum absolute atomic E-state index is 11.4. The first-order valence-corrected chi connectivity index (χ1v) is 9.44. The first-order chi connectivity index (χ1) is 13.5. The van der Waals surface area contributed by atoms with Crippen LogP contribution in [0.3, 0.4) is 0 Å². The van der Waals surface area contributed by atoms with Crippen LogP contribution in [0.4, 0.5) is 11.6 Å². The summed E-state index contributed by atoms with van der Waals surface area (Å²) in [5.74, 6) is 0.712. The molecule has 2 heterocycles. The predicted molar refractivity (Wildman–Crippen MR) is 108 cm³/mol. The van der Waals surface area contributed by atoms with E-state index >= 15 is 0 Å². The molecule has 2 amide bonds. The van der Waals surface area contributed by atoms with Crippen molar-refractivity contribution in [2.24, 2.45) is 0 Å². The smallest absolute Gasteiger partial charge is 0.235 e. The second-order valence-electron chi connectivity index (χ2n) is 6.89. The molecule has 1 saturated heterocycles. The van der Waals surface area contributed by atoms with E-state index in [1.807, 2.05) is 41.6 Å². The number of hydrogen-bond acceptors (Lipinski definition) is 6. The van der Waals surface area contributed by atoms with E-state index in [0.29, 0.717) is 13.1 Å². The Hall–Kier alpha value is -3.16. The quantitative estimate of drug-likeness (QED) is 0.734. The second-order valence-corrected chi connectivity index (χ2v) is 6.89. The molecule has 0 unspecified atom stereocenters. The molecule has 0 saturated carbocycles. The minimum Gasteiger partial charge on any atom is -0.339 e. The summed E-state index contributed by atoms with van der Waals surface area (Å²) in [6.07, 6.45) is 5.51. The molecule has 28 heavy (non-hydrogen) atoms. The number of hydrogen-bond donors (Lipinski definition) is 2. The Labute approximate surface area is 164 Å². The van der Waals surface area contributed by atoms with Gasteiger partial charge in [-0.25, -0.2) is 9.97 Å². The molecule has 0 atom stereocenters. The number of benzene rings is 1. The number of piperazine rings is 1. The molecule has 2 aromatic rings. The number of nitrogens with zero attached hydrogens (tertiary/aromatic N) is 4. The van der Waals surface area contributed by atoms with Crippen molar-refractivity contribution in [3.8, 4) is 0 Å². The van der Waals surface area contributed by atoms with Gasteiger partial charge in [0.1, 0.15) is 0 Å². The molecule has 1 aliphatic rings. The molecule has 0 aliphatic carbocycles. The average molecular weight is 382 g/mol. The summed E-state index contributed by atoms with van der Waals surface area (Å²) in [5, 5.41) is 0. The highest BCUT2D eigenvalue weighted by Crippen LogP contribution is 2.14. The molecule has 1 aliphatic heterocycles. The Kier molecular flexibility index (Phi) is 6.41. The van der Waals surface area contributed by atoms with E-state index in [4.69, 9.17) is 0 Å². The summed E-state index contributed by atoms with van der Waals surface area (Å²) in [6.45, 7) is 6.02. The summed E-state index contributed by atoms with van der Waals surface area (Å²) in [6, 6.07) is 7.94. The maximum atomic E-state index is 11.4. The van der Waals surface area contributed by atoms with Crippen LogP contribution in [0, 0.1) is 0 Å². The topological polar surface area (TPSA) is 90.5 Å². The molecule has 2 N–H and O–H groups in total. The molecule has 1 aromatic heterocycles. The lowest BCUT2D eigenvalue weighted by Crippen LogP contribution is -2.48. The third-order valence-electron chi connectivity index (χ3n) is 4.74. The maximum Gasteiger partial charge on any atom is 0.235 e. The summed E-state index contributed by atoms with van der Waals surface area (Å²) < 4.78 is 0. The highest BCUT2D eigenvalue weighted by atomic mass is 16.2. The van der Waals surface area contributed by atoms with Crippen LogP contribution in [0.2, 0.25) is 0 Å². The molecule has 1 aromatic carbocycles. The average Bonchev–Trinajstić information content (AvgIpc) is 2.72. The molecular weight excluding hydrogens is 356 g/mol. The number of amides is 2. The van der Waals surface area contributed by atoms with Crippen LogP contribution >= 0.6 is 0 Å². The lowest BCUT2D eigenvalue weighted by Gasteiger charge is -2.34. The van der Waals surface area contributed by atoms with Crippen LogP contribution in [0.1, 0.15) is 25.0 Å². The SMILES string of the molecule is CC(=O)NNc1ccc(CCc2cnc(N3CCN(C(C)=O)CC3)nc2)cc1. The van der Waals surface area contributed by atoms with E-state index in [9.17, 15) is 9.59 Å². The minimum absolute atomic E-state index is 0.120. The van der Waals surface area contributed by atoms with Crippen molar-refractivity contribution in [2.45, 2.75) is 26.7 Å². The van der Waals surface area contributed by atoms with Crippen LogP contribution in [-0.2, 0) is 22.4 Å². The Morgan fingerprint density at radius 3 is 2.11 bits per heavy atom. The molecule has 8 nitrogen and oxygen atoms in total. The van der Waals surface area contributed by atoms with Gasteiger partial charge in [-0.3, -0.25) is 20.4 Å². The lowest BCUT2D eigenvalue weighted by molar-refractivity contribution is -0.129. The van der Waals surface area contributed by atoms with Crippen molar-refractivity contribution >= 4 is 23.5 Å². The summed E-state index contributed by atoms with van der Waals surface area (Å²) in [7, 11) is 0. The number of aryl methyl sites for hydroxylation is 2. The predicted octanol–water partition coefficient (Wildman–Crippen LogP) is 1.39. The van der Waals surface area contributed by atoms with Gasteiger partial charge >= 0.3 is 0 Å². The Morgan fingerprint density at radius 1 is 0.929 bits per heavy atom. The number of aromatic nitrogens is 2. The second kappa shape index (κ2) is 9.16. The number of rotatable bonds is 6. The van der Waals surface area contributed by atoms with Gasteiger partial charge in [0, 0.05) is 52.4 Å². The molecule has 1 fully saturated rings. The summed E-state index contributed by atoms with van der Waals surface area (Å²) >= 11 is 0. The highest BCUT2D eigenvalue weighted by Gasteiger charge is 2.20. The fraction of sp³-hybridized carbons (Fsp3) is 0.400. The summed E-state index contributed by atoms with van der Waals surface area (Å²) in [4.78, 5) is 35.3. The van der Waals surface area contributed by atoms with Gasteiger partial charge in [-0.2, -0.15) is 0 Å². The first kappa shape index (κ1) is 19.6. The van der Waals surface area contributed by atoms with Gasteiger partial charge in [0.15, 0.2) is 0 Å². The van der Waals surface area contributed by atoms with Crippen LogP contribution < -0.4 is 15.8 Å². The largest absolute Gasteiger partial charge is 0.339 e. The van der Waals surface area contributed by atoms with Gasteiger partial charge in [0.05, 0.1) is 5.69 Å². The number of nitrogens with one attached hydrogen (secondary N) is 2. The first-order valence-electron chi connectivity index (χ1n) is 9.44. The third-order valence-corrected chi connectivity index (χ3v) is 4.74. The molecule has 8 heteroatoms. The fourth-order valence-corrected chi connectivity index (χ4v) is 3.07. The summed E-state index contributed by atoms with van der Waals surface area (Å²) in [5.41, 5.74) is 8.54. The van der Waals surface area contributed by atoms with Gasteiger partial charge in [0.2, 0.25) is 17.8 Å². The normalized spacial score (nSPS) is 13.9.